The number of carbonyl (C=O) groups excluding carboxylic acids is 2. The van der Waals surface area contributed by atoms with Gasteiger partial charge in [0.2, 0.25) is 5.91 Å². The van der Waals surface area contributed by atoms with Crippen LogP contribution in [0.3, 0.4) is 0 Å². The highest BCUT2D eigenvalue weighted by atomic mass is 16.6. The molecule has 1 saturated heterocycles. The number of ether oxygens (including phenoxy) is 2. The van der Waals surface area contributed by atoms with Gasteiger partial charge in [-0.3, -0.25) is 15.0 Å². The number of likely N-dealkylation sites (tertiary alicyclic amines) is 1. The third-order valence-corrected chi connectivity index (χ3v) is 6.52. The van der Waals surface area contributed by atoms with E-state index in [1.807, 2.05) is 0 Å². The summed E-state index contributed by atoms with van der Waals surface area (Å²) in [5.41, 5.74) is 5.24. The van der Waals surface area contributed by atoms with Crippen molar-refractivity contribution in [2.75, 3.05) is 26.2 Å². The second-order valence-corrected chi connectivity index (χ2v) is 9.74. The molecule has 2 unspecified atom stereocenters. The van der Waals surface area contributed by atoms with Gasteiger partial charge in [0.1, 0.15) is 12.1 Å². The number of hydrogen-bond donors (Lipinski definition) is 5. The average Bonchev–Trinajstić information content (AvgIpc) is 3.28. The molecule has 0 aliphatic carbocycles. The van der Waals surface area contributed by atoms with E-state index in [-0.39, 0.29) is 18.0 Å². The zero-order valence-electron chi connectivity index (χ0n) is 22.8. The molecule has 3 atom stereocenters. The maximum atomic E-state index is 12.4. The van der Waals surface area contributed by atoms with Crippen LogP contribution < -0.4 is 16.4 Å². The second-order valence-electron chi connectivity index (χ2n) is 9.74. The number of rotatable bonds is 21. The lowest BCUT2D eigenvalue weighted by Crippen LogP contribution is -2.40. The molecular weight excluding hydrogens is 478 g/mol. The number of aliphatic carboxylic acids is 1. The number of hydrogen-bond acceptors (Lipinski definition) is 7. The SMILES string of the molecule is CCCCCCCCCC(OCCCN[C@@H](CCCNC(=N)N)C(=O)O)C(C)OC(=O)N1CCCC1=O. The largest absolute Gasteiger partial charge is 0.480 e. The number of carbonyl (C=O) groups is 3. The number of unbranched alkanes of at least 4 members (excludes halogenated alkanes) is 6. The van der Waals surface area contributed by atoms with E-state index in [1.165, 1.54) is 37.0 Å². The molecule has 0 radical (unpaired) electrons. The fraction of sp³-hybridized carbons (Fsp3) is 0.846. The van der Waals surface area contributed by atoms with Crippen LogP contribution in [-0.2, 0) is 19.1 Å². The van der Waals surface area contributed by atoms with Gasteiger partial charge in [0.15, 0.2) is 5.96 Å². The number of carboxylic acids is 1. The van der Waals surface area contributed by atoms with Crippen molar-refractivity contribution in [3.63, 3.8) is 0 Å². The first-order valence-electron chi connectivity index (χ1n) is 13.9. The third kappa shape index (κ3) is 14.8. The first-order chi connectivity index (χ1) is 17.8. The first-order valence-corrected chi connectivity index (χ1v) is 13.9. The number of guanidine groups is 1. The summed E-state index contributed by atoms with van der Waals surface area (Å²) >= 11 is 0. The predicted molar refractivity (Wildman–Crippen MR) is 142 cm³/mol. The zero-order chi connectivity index (χ0) is 27.5. The Labute approximate surface area is 221 Å². The molecule has 2 amide bonds. The molecule has 0 aromatic rings. The van der Waals surface area contributed by atoms with Crippen molar-refractivity contribution in [2.24, 2.45) is 5.73 Å². The van der Waals surface area contributed by atoms with E-state index in [9.17, 15) is 19.5 Å². The summed E-state index contributed by atoms with van der Waals surface area (Å²) in [7, 11) is 0. The summed E-state index contributed by atoms with van der Waals surface area (Å²) in [5.74, 6) is -1.25. The molecule has 1 heterocycles. The lowest BCUT2D eigenvalue weighted by molar-refractivity contribution is -0.139. The van der Waals surface area contributed by atoms with Crippen molar-refractivity contribution >= 4 is 23.9 Å². The van der Waals surface area contributed by atoms with Crippen molar-refractivity contribution in [3.8, 4) is 0 Å². The van der Waals surface area contributed by atoms with Crippen LogP contribution in [0.5, 0.6) is 0 Å². The highest BCUT2D eigenvalue weighted by Gasteiger charge is 2.31. The van der Waals surface area contributed by atoms with E-state index < -0.39 is 24.2 Å². The second kappa shape index (κ2) is 19.7. The monoisotopic (exact) mass is 527 g/mol. The maximum Gasteiger partial charge on any atom is 0.416 e. The summed E-state index contributed by atoms with van der Waals surface area (Å²) in [6.07, 6.45) is 10.2. The van der Waals surface area contributed by atoms with E-state index in [4.69, 9.17) is 20.6 Å². The molecule has 1 aliphatic rings. The topological polar surface area (TPSA) is 167 Å². The standard InChI is InChI=1S/C26H49N5O6/c1-3-4-5-6-7-8-9-14-22(20(2)37-26(35)31-18-11-15-23(31)32)36-19-12-17-29-21(24(33)34)13-10-16-30-25(27)28/h20-22,29H,3-19H2,1-2H3,(H,33,34)(H4,27,28,30)/t20?,21-,22?/m0/s1. The van der Waals surface area contributed by atoms with E-state index in [0.29, 0.717) is 58.3 Å². The van der Waals surface area contributed by atoms with Crippen molar-refractivity contribution in [2.45, 2.75) is 116 Å². The molecule has 1 rings (SSSR count). The highest BCUT2D eigenvalue weighted by Crippen LogP contribution is 2.18. The van der Waals surface area contributed by atoms with E-state index >= 15 is 0 Å². The van der Waals surface area contributed by atoms with Gasteiger partial charge in [0.25, 0.3) is 0 Å². The molecule has 1 fully saturated rings. The molecular formula is C26H49N5O6. The number of amides is 2. The van der Waals surface area contributed by atoms with Gasteiger partial charge in [-0.15, -0.1) is 0 Å². The van der Waals surface area contributed by atoms with E-state index in [1.54, 1.807) is 6.92 Å². The third-order valence-electron chi connectivity index (χ3n) is 6.52. The lowest BCUT2D eigenvalue weighted by atomic mass is 10.0. The van der Waals surface area contributed by atoms with Gasteiger partial charge < -0.3 is 30.9 Å². The summed E-state index contributed by atoms with van der Waals surface area (Å²) in [6, 6.07) is -0.685. The highest BCUT2D eigenvalue weighted by molar-refractivity contribution is 5.93. The predicted octanol–water partition coefficient (Wildman–Crippen LogP) is 3.36. The van der Waals surface area contributed by atoms with Crippen LogP contribution in [0, 0.1) is 5.41 Å². The summed E-state index contributed by atoms with van der Waals surface area (Å²) in [6.45, 7) is 5.72. The summed E-state index contributed by atoms with van der Waals surface area (Å²) in [5, 5.41) is 22.3. The van der Waals surface area contributed by atoms with Crippen LogP contribution in [-0.4, -0.2) is 78.4 Å². The molecule has 37 heavy (non-hydrogen) atoms. The lowest BCUT2D eigenvalue weighted by Gasteiger charge is -2.26. The summed E-state index contributed by atoms with van der Waals surface area (Å²) in [4.78, 5) is 37.0. The molecule has 0 aromatic carbocycles. The Balaban J connectivity index is 2.46. The zero-order valence-corrected chi connectivity index (χ0v) is 22.8. The van der Waals surface area contributed by atoms with Crippen molar-refractivity contribution in [1.82, 2.24) is 15.5 Å². The Kier molecular flexibility index (Phi) is 17.4. The number of carboxylic acid groups (broad SMARTS) is 1. The average molecular weight is 528 g/mol. The number of nitrogens with two attached hydrogens (primary N) is 1. The normalized spacial score (nSPS) is 15.8. The molecule has 0 spiro atoms. The van der Waals surface area contributed by atoms with Crippen LogP contribution in [0.1, 0.15) is 97.3 Å². The van der Waals surface area contributed by atoms with Gasteiger partial charge >= 0.3 is 12.1 Å². The molecule has 0 saturated carbocycles. The number of nitrogens with one attached hydrogen (secondary N) is 3. The van der Waals surface area contributed by atoms with Crippen molar-refractivity contribution in [1.29, 1.82) is 5.41 Å². The molecule has 1 aliphatic heterocycles. The molecule has 6 N–H and O–H groups in total. The molecule has 0 bridgehead atoms. The quantitative estimate of drug-likeness (QED) is 0.0854. The van der Waals surface area contributed by atoms with E-state index in [2.05, 4.69) is 17.6 Å². The number of nitrogens with zero attached hydrogens (tertiary/aromatic N) is 1. The van der Waals surface area contributed by atoms with E-state index in [0.717, 1.165) is 19.3 Å². The van der Waals surface area contributed by atoms with Crippen LogP contribution in [0.15, 0.2) is 0 Å². The fourth-order valence-corrected chi connectivity index (χ4v) is 4.32. The fourth-order valence-electron chi connectivity index (χ4n) is 4.32. The van der Waals surface area contributed by atoms with Crippen molar-refractivity contribution in [3.05, 3.63) is 0 Å². The number of imide groups is 1. The van der Waals surface area contributed by atoms with Crippen molar-refractivity contribution < 1.29 is 29.0 Å². The van der Waals surface area contributed by atoms with Crippen LogP contribution >= 0.6 is 0 Å². The van der Waals surface area contributed by atoms with Gasteiger partial charge in [-0.1, -0.05) is 51.9 Å². The molecule has 11 nitrogen and oxygen atoms in total. The van der Waals surface area contributed by atoms with Gasteiger partial charge in [0, 0.05) is 26.1 Å². The van der Waals surface area contributed by atoms with Crippen LogP contribution in [0.4, 0.5) is 4.79 Å². The maximum absolute atomic E-state index is 12.4. The summed E-state index contributed by atoms with van der Waals surface area (Å²) < 4.78 is 11.7. The molecule has 0 aromatic heterocycles. The van der Waals surface area contributed by atoms with Crippen LogP contribution in [0.2, 0.25) is 0 Å². The Hall–Kier alpha value is -2.40. The van der Waals surface area contributed by atoms with Gasteiger partial charge in [0.05, 0.1) is 6.10 Å². The molecule has 214 valence electrons. The van der Waals surface area contributed by atoms with Gasteiger partial charge in [-0.25, -0.2) is 9.69 Å². The Bertz CT molecular complexity index is 692. The molecule has 11 heteroatoms. The van der Waals surface area contributed by atoms with Gasteiger partial charge in [-0.2, -0.15) is 0 Å². The Morgan fingerprint density at radius 2 is 1.78 bits per heavy atom. The minimum atomic E-state index is -0.919. The minimum absolute atomic E-state index is 0.130. The smallest absolute Gasteiger partial charge is 0.416 e. The minimum Gasteiger partial charge on any atom is -0.480 e. The Morgan fingerprint density at radius 3 is 2.41 bits per heavy atom. The first kappa shape index (κ1) is 32.6. The van der Waals surface area contributed by atoms with Crippen LogP contribution in [0.25, 0.3) is 0 Å². The Morgan fingerprint density at radius 1 is 1.08 bits per heavy atom. The van der Waals surface area contributed by atoms with Gasteiger partial charge in [-0.05, 0) is 45.6 Å².